The van der Waals surface area contributed by atoms with E-state index in [4.69, 9.17) is 4.74 Å². The number of rotatable bonds is 4. The molecular weight excluding hydrogens is 297 g/mol. The van der Waals surface area contributed by atoms with Crippen molar-refractivity contribution in [1.82, 2.24) is 15.1 Å². The van der Waals surface area contributed by atoms with Crippen molar-refractivity contribution in [2.75, 3.05) is 46.4 Å². The number of piperidine rings is 1. The highest BCUT2D eigenvalue weighted by atomic mass is 35.5. The minimum absolute atomic E-state index is 0. The largest absolute Gasteiger partial charge is 0.379 e. The van der Waals surface area contributed by atoms with Crippen LogP contribution in [0.5, 0.6) is 0 Å². The van der Waals surface area contributed by atoms with Gasteiger partial charge in [0.2, 0.25) is 0 Å². The molecule has 0 aromatic carbocycles. The summed E-state index contributed by atoms with van der Waals surface area (Å²) in [6, 6.07) is 2.42. The topological polar surface area (TPSA) is 27.7 Å². The molecule has 3 rings (SSSR count). The van der Waals surface area contributed by atoms with Crippen LogP contribution in [0.3, 0.4) is 0 Å². The fourth-order valence-corrected chi connectivity index (χ4v) is 3.69. The molecule has 6 heteroatoms. The zero-order valence-electron chi connectivity index (χ0n) is 12.4. The Kier molecular flexibility index (Phi) is 8.09. The molecule has 0 aromatic rings. The predicted octanol–water partition coefficient (Wildman–Crippen LogP) is 1.38. The lowest BCUT2D eigenvalue weighted by molar-refractivity contribution is 0.0311. The van der Waals surface area contributed by atoms with Crippen LogP contribution in [0.15, 0.2) is 0 Å². The van der Waals surface area contributed by atoms with E-state index in [2.05, 4.69) is 22.2 Å². The zero-order chi connectivity index (χ0) is 12.4. The molecule has 3 aliphatic rings. The van der Waals surface area contributed by atoms with Gasteiger partial charge in [-0.25, -0.2) is 0 Å². The van der Waals surface area contributed by atoms with Crippen LogP contribution >= 0.6 is 24.8 Å². The molecule has 0 aromatic heterocycles. The minimum atomic E-state index is 0. The van der Waals surface area contributed by atoms with Gasteiger partial charge in [-0.1, -0.05) is 0 Å². The summed E-state index contributed by atoms with van der Waals surface area (Å²) in [7, 11) is 2.32. The molecule has 0 saturated carbocycles. The van der Waals surface area contributed by atoms with Gasteiger partial charge in [0.25, 0.3) is 0 Å². The number of hydrogen-bond donors (Lipinski definition) is 1. The number of ether oxygens (including phenoxy) is 1. The van der Waals surface area contributed by atoms with Crippen LogP contribution in [0, 0.1) is 0 Å². The van der Waals surface area contributed by atoms with E-state index in [9.17, 15) is 0 Å². The Morgan fingerprint density at radius 1 is 1.10 bits per heavy atom. The zero-order valence-corrected chi connectivity index (χ0v) is 14.1. The van der Waals surface area contributed by atoms with Crippen LogP contribution < -0.4 is 5.32 Å². The van der Waals surface area contributed by atoms with E-state index in [-0.39, 0.29) is 24.8 Å². The van der Waals surface area contributed by atoms with Crippen molar-refractivity contribution < 1.29 is 4.74 Å². The normalized spacial score (nSPS) is 33.6. The lowest BCUT2D eigenvalue weighted by Crippen LogP contribution is -2.49. The summed E-state index contributed by atoms with van der Waals surface area (Å²) < 4.78 is 5.40. The van der Waals surface area contributed by atoms with Crippen molar-refractivity contribution in [2.45, 2.75) is 43.8 Å². The third kappa shape index (κ3) is 4.72. The van der Waals surface area contributed by atoms with E-state index in [1.807, 2.05) is 0 Å². The van der Waals surface area contributed by atoms with Crippen LogP contribution in [0.25, 0.3) is 0 Å². The van der Waals surface area contributed by atoms with Crippen molar-refractivity contribution in [3.63, 3.8) is 0 Å². The molecule has 0 aliphatic carbocycles. The van der Waals surface area contributed by atoms with E-state index >= 15 is 0 Å². The molecule has 120 valence electrons. The van der Waals surface area contributed by atoms with Gasteiger partial charge in [0.05, 0.1) is 13.2 Å². The summed E-state index contributed by atoms with van der Waals surface area (Å²) in [5.74, 6) is 0. The van der Waals surface area contributed by atoms with Gasteiger partial charge in [-0.2, -0.15) is 0 Å². The highest BCUT2D eigenvalue weighted by molar-refractivity contribution is 5.85. The first-order chi connectivity index (χ1) is 8.81. The van der Waals surface area contributed by atoms with Gasteiger partial charge in [0.15, 0.2) is 0 Å². The molecule has 2 atom stereocenters. The fourth-order valence-electron chi connectivity index (χ4n) is 3.69. The summed E-state index contributed by atoms with van der Waals surface area (Å²) in [5, 5.41) is 3.73. The third-order valence-corrected chi connectivity index (χ3v) is 4.94. The molecule has 0 spiro atoms. The summed E-state index contributed by atoms with van der Waals surface area (Å²) in [5.41, 5.74) is 0. The Labute approximate surface area is 135 Å². The Hall–Kier alpha value is 0.420. The molecule has 0 radical (unpaired) electrons. The van der Waals surface area contributed by atoms with Crippen LogP contribution in [0.4, 0.5) is 0 Å². The first-order valence-corrected chi connectivity index (χ1v) is 7.57. The van der Waals surface area contributed by atoms with Crippen molar-refractivity contribution in [3.05, 3.63) is 0 Å². The Morgan fingerprint density at radius 2 is 1.70 bits per heavy atom. The first-order valence-electron chi connectivity index (χ1n) is 7.57. The molecule has 3 saturated heterocycles. The average molecular weight is 326 g/mol. The molecular formula is C14H29Cl2N3O. The Balaban J connectivity index is 0.000001000. The Bertz CT molecular complexity index is 265. The first kappa shape index (κ1) is 18.5. The molecule has 3 heterocycles. The van der Waals surface area contributed by atoms with Crippen LogP contribution in [-0.4, -0.2) is 74.4 Å². The number of nitrogens with zero attached hydrogens (tertiary/aromatic N) is 2. The summed E-state index contributed by atoms with van der Waals surface area (Å²) >= 11 is 0. The SMILES string of the molecule is CN(CCN1CCOCC1)C1CC2CCC(C1)N2.Cl.Cl. The summed E-state index contributed by atoms with van der Waals surface area (Å²) in [6.45, 7) is 6.49. The predicted molar refractivity (Wildman–Crippen MR) is 87.4 cm³/mol. The van der Waals surface area contributed by atoms with Crippen molar-refractivity contribution in [2.24, 2.45) is 0 Å². The number of fused-ring (bicyclic) bond motifs is 2. The van der Waals surface area contributed by atoms with Gasteiger partial charge >= 0.3 is 0 Å². The van der Waals surface area contributed by atoms with Crippen LogP contribution in [0.1, 0.15) is 25.7 Å². The Morgan fingerprint density at radius 3 is 2.30 bits per heavy atom. The average Bonchev–Trinajstić information content (AvgIpc) is 2.76. The van der Waals surface area contributed by atoms with Crippen molar-refractivity contribution >= 4 is 24.8 Å². The van der Waals surface area contributed by atoms with Gasteiger partial charge < -0.3 is 15.0 Å². The monoisotopic (exact) mass is 325 g/mol. The molecule has 3 aliphatic heterocycles. The minimum Gasteiger partial charge on any atom is -0.379 e. The molecule has 3 fully saturated rings. The second-order valence-electron chi connectivity index (χ2n) is 6.20. The van der Waals surface area contributed by atoms with E-state index in [1.54, 1.807) is 0 Å². The molecule has 20 heavy (non-hydrogen) atoms. The van der Waals surface area contributed by atoms with E-state index in [0.717, 1.165) is 44.4 Å². The van der Waals surface area contributed by atoms with Crippen LogP contribution in [-0.2, 0) is 4.74 Å². The maximum Gasteiger partial charge on any atom is 0.0594 e. The molecule has 2 bridgehead atoms. The highest BCUT2D eigenvalue weighted by Gasteiger charge is 2.34. The van der Waals surface area contributed by atoms with E-state index in [1.165, 1.54) is 38.8 Å². The van der Waals surface area contributed by atoms with Crippen molar-refractivity contribution in [1.29, 1.82) is 0 Å². The number of halogens is 2. The van der Waals surface area contributed by atoms with E-state index < -0.39 is 0 Å². The van der Waals surface area contributed by atoms with Gasteiger partial charge in [0.1, 0.15) is 0 Å². The summed E-state index contributed by atoms with van der Waals surface area (Å²) in [4.78, 5) is 5.14. The molecule has 0 amide bonds. The second kappa shape index (κ2) is 8.76. The van der Waals surface area contributed by atoms with Gasteiger partial charge in [-0.05, 0) is 32.7 Å². The lowest BCUT2D eigenvalue weighted by atomic mass is 9.98. The standard InChI is InChI=1S/C14H27N3O.2ClH/c1-16(4-5-17-6-8-18-9-7-17)14-10-12-2-3-13(11-14)15-12;;/h12-15H,2-11H2,1H3;2*1H. The number of hydrogen-bond acceptors (Lipinski definition) is 4. The number of likely N-dealkylation sites (N-methyl/N-ethyl adjacent to an activating group) is 1. The summed E-state index contributed by atoms with van der Waals surface area (Å²) in [6.07, 6.45) is 5.52. The number of nitrogens with one attached hydrogen (secondary N) is 1. The highest BCUT2D eigenvalue weighted by Crippen LogP contribution is 2.29. The van der Waals surface area contributed by atoms with Gasteiger partial charge in [0, 0.05) is 44.3 Å². The second-order valence-corrected chi connectivity index (χ2v) is 6.20. The van der Waals surface area contributed by atoms with Crippen LogP contribution in [0.2, 0.25) is 0 Å². The smallest absolute Gasteiger partial charge is 0.0594 e. The molecule has 2 unspecified atom stereocenters. The molecule has 4 nitrogen and oxygen atoms in total. The third-order valence-electron chi connectivity index (χ3n) is 4.94. The van der Waals surface area contributed by atoms with Crippen molar-refractivity contribution in [3.8, 4) is 0 Å². The quantitative estimate of drug-likeness (QED) is 0.845. The van der Waals surface area contributed by atoms with Gasteiger partial charge in [-0.15, -0.1) is 24.8 Å². The molecule has 1 N–H and O–H groups in total. The number of morpholine rings is 1. The maximum absolute atomic E-state index is 5.40. The lowest BCUT2D eigenvalue weighted by Gasteiger charge is -2.37. The van der Waals surface area contributed by atoms with E-state index in [0.29, 0.717) is 0 Å². The maximum atomic E-state index is 5.40. The van der Waals surface area contributed by atoms with Gasteiger partial charge in [-0.3, -0.25) is 4.90 Å². The fraction of sp³-hybridized carbons (Fsp3) is 1.00.